The Balaban J connectivity index is 1.93. The molecular weight excluding hydrogens is 299 g/mol. The van der Waals surface area contributed by atoms with Crippen molar-refractivity contribution in [3.05, 3.63) is 29.8 Å². The summed E-state index contributed by atoms with van der Waals surface area (Å²) in [5.74, 6) is 1.22. The number of hydrogen-bond acceptors (Lipinski definition) is 2. The van der Waals surface area contributed by atoms with Crippen molar-refractivity contribution in [1.29, 1.82) is 0 Å². The predicted molar refractivity (Wildman–Crippen MR) is 99.7 cm³/mol. The van der Waals surface area contributed by atoms with Crippen LogP contribution in [0.2, 0.25) is 13.1 Å². The van der Waals surface area contributed by atoms with Crippen molar-refractivity contribution in [2.45, 2.75) is 77.1 Å². The molecule has 1 aliphatic carbocycles. The zero-order valence-electron chi connectivity index (χ0n) is 15.5. The summed E-state index contributed by atoms with van der Waals surface area (Å²) in [4.78, 5) is 0. The van der Waals surface area contributed by atoms with Crippen LogP contribution in [-0.2, 0) is 9.31 Å². The van der Waals surface area contributed by atoms with E-state index in [-0.39, 0.29) is 18.3 Å². The van der Waals surface area contributed by atoms with Gasteiger partial charge in [0, 0.05) is 5.82 Å². The quantitative estimate of drug-likeness (QED) is 0.755. The van der Waals surface area contributed by atoms with Gasteiger partial charge in [-0.15, -0.1) is 0 Å². The Morgan fingerprint density at radius 3 is 2.17 bits per heavy atom. The summed E-state index contributed by atoms with van der Waals surface area (Å²) in [5.41, 5.74) is 0.970. The van der Waals surface area contributed by atoms with Crippen LogP contribution in [0.15, 0.2) is 24.3 Å². The molecule has 1 saturated carbocycles. The molecule has 1 aliphatic heterocycles. The van der Waals surface area contributed by atoms with Crippen LogP contribution in [0.25, 0.3) is 0 Å². The van der Waals surface area contributed by atoms with Crippen molar-refractivity contribution < 1.29 is 9.31 Å². The van der Waals surface area contributed by atoms with Crippen LogP contribution >= 0.6 is 0 Å². The molecule has 125 valence electrons. The third-order valence-corrected chi connectivity index (χ3v) is 7.32. The van der Waals surface area contributed by atoms with Gasteiger partial charge in [-0.05, 0) is 45.6 Å². The van der Waals surface area contributed by atoms with Crippen molar-refractivity contribution in [3.8, 4) is 0 Å². The molecule has 4 heteroatoms. The van der Waals surface area contributed by atoms with Gasteiger partial charge < -0.3 is 9.31 Å². The van der Waals surface area contributed by atoms with Gasteiger partial charge in [0.25, 0.3) is 0 Å². The van der Waals surface area contributed by atoms with Gasteiger partial charge in [0.2, 0.25) is 0 Å². The fraction of sp³-hybridized carbons (Fsp3) is 0.684. The molecule has 1 heterocycles. The Kier molecular flexibility index (Phi) is 4.54. The normalized spacial score (nSPS) is 24.2. The monoisotopic (exact) mass is 329 g/mol. The van der Waals surface area contributed by atoms with Crippen LogP contribution in [0.5, 0.6) is 0 Å². The molecule has 1 saturated heterocycles. The Bertz CT molecular complexity index is 550. The van der Waals surface area contributed by atoms with E-state index >= 15 is 0 Å². The van der Waals surface area contributed by atoms with E-state index < -0.39 is 8.80 Å². The highest BCUT2D eigenvalue weighted by atomic mass is 28.3. The van der Waals surface area contributed by atoms with E-state index in [4.69, 9.17) is 9.31 Å². The predicted octanol–water partition coefficient (Wildman–Crippen LogP) is 4.16. The summed E-state index contributed by atoms with van der Waals surface area (Å²) in [6.07, 6.45) is 3.94. The van der Waals surface area contributed by atoms with Gasteiger partial charge in [-0.3, -0.25) is 0 Å². The molecule has 1 unspecified atom stereocenters. The minimum absolute atomic E-state index is 0.122. The van der Waals surface area contributed by atoms with Gasteiger partial charge in [0.15, 0.2) is 0 Å². The summed E-state index contributed by atoms with van der Waals surface area (Å²) in [5, 5.41) is 1.54. The lowest BCUT2D eigenvalue weighted by Crippen LogP contribution is -2.41. The Morgan fingerprint density at radius 2 is 1.65 bits per heavy atom. The second-order valence-corrected chi connectivity index (χ2v) is 11.0. The topological polar surface area (TPSA) is 18.5 Å². The maximum absolute atomic E-state index is 6.43. The van der Waals surface area contributed by atoms with Gasteiger partial charge in [0.05, 0.1) is 20.0 Å². The maximum Gasteiger partial charge on any atom is 0.465 e. The molecule has 2 nitrogen and oxygen atoms in total. The van der Waals surface area contributed by atoms with E-state index in [1.165, 1.54) is 30.0 Å². The molecule has 0 aromatic heterocycles. The van der Waals surface area contributed by atoms with Crippen molar-refractivity contribution in [1.82, 2.24) is 0 Å². The smallest absolute Gasteiger partial charge is 0.403 e. The fourth-order valence-electron chi connectivity index (χ4n) is 3.43. The lowest BCUT2D eigenvalue weighted by atomic mass is 9.65. The Hall–Kier alpha value is -0.578. The lowest BCUT2D eigenvalue weighted by molar-refractivity contribution is 0.00578. The van der Waals surface area contributed by atoms with Gasteiger partial charge in [0.1, 0.15) is 0 Å². The van der Waals surface area contributed by atoms with Crippen molar-refractivity contribution in [2.24, 2.45) is 5.92 Å². The van der Waals surface area contributed by atoms with Crippen LogP contribution in [-0.4, -0.2) is 27.1 Å². The fourth-order valence-corrected chi connectivity index (χ4v) is 4.70. The molecule has 1 aromatic rings. The van der Waals surface area contributed by atoms with Crippen LogP contribution in [0.3, 0.4) is 0 Å². The van der Waals surface area contributed by atoms with E-state index in [0.717, 1.165) is 5.92 Å². The van der Waals surface area contributed by atoms with Crippen molar-refractivity contribution >= 4 is 21.1 Å². The van der Waals surface area contributed by atoms with Crippen LogP contribution in [0.1, 0.15) is 58.3 Å². The minimum Gasteiger partial charge on any atom is -0.403 e. The number of rotatable bonds is 5. The van der Waals surface area contributed by atoms with Crippen LogP contribution in [0.4, 0.5) is 0 Å². The number of hydrogen-bond donors (Lipinski definition) is 0. The Morgan fingerprint density at radius 1 is 1.09 bits per heavy atom. The highest BCUT2D eigenvalue weighted by Crippen LogP contribution is 2.45. The largest absolute Gasteiger partial charge is 0.465 e. The first-order chi connectivity index (χ1) is 10.7. The molecule has 0 spiro atoms. The summed E-state index contributed by atoms with van der Waals surface area (Å²) in [6, 6.07) is 8.98. The maximum atomic E-state index is 6.43. The molecule has 1 radical (unpaired) electrons. The zero-order chi connectivity index (χ0) is 16.8. The second kappa shape index (κ2) is 6.05. The third-order valence-electron chi connectivity index (χ3n) is 5.78. The molecule has 0 amide bonds. The molecule has 23 heavy (non-hydrogen) atoms. The molecule has 3 rings (SSSR count). The van der Waals surface area contributed by atoms with E-state index in [1.807, 2.05) is 0 Å². The van der Waals surface area contributed by atoms with Gasteiger partial charge in [-0.2, -0.15) is 0 Å². The minimum atomic E-state index is -0.498. The summed E-state index contributed by atoms with van der Waals surface area (Å²) in [7, 11) is -0.620. The average Bonchev–Trinajstić information content (AvgIpc) is 3.23. The SMILES string of the molecule is C[Si](C)c1ccccc1C(CC1CC1)B1OC(C)(C)C(C)(C)O1. The molecular formula is C19H30BO2Si. The number of benzene rings is 1. The van der Waals surface area contributed by atoms with E-state index in [0.29, 0.717) is 5.82 Å². The molecule has 2 aliphatic rings. The van der Waals surface area contributed by atoms with E-state index in [9.17, 15) is 0 Å². The summed E-state index contributed by atoms with van der Waals surface area (Å²) < 4.78 is 12.9. The lowest BCUT2D eigenvalue weighted by Gasteiger charge is -2.32. The first-order valence-electron chi connectivity index (χ1n) is 8.96. The van der Waals surface area contributed by atoms with Crippen molar-refractivity contribution in [2.75, 3.05) is 0 Å². The second-order valence-electron chi connectivity index (χ2n) is 8.50. The van der Waals surface area contributed by atoms with E-state index in [1.54, 1.807) is 0 Å². The molecule has 0 bridgehead atoms. The summed E-state index contributed by atoms with van der Waals surface area (Å²) >= 11 is 0. The first kappa shape index (κ1) is 17.3. The van der Waals surface area contributed by atoms with Crippen molar-refractivity contribution in [3.63, 3.8) is 0 Å². The van der Waals surface area contributed by atoms with Gasteiger partial charge in [-0.25, -0.2) is 0 Å². The zero-order valence-corrected chi connectivity index (χ0v) is 16.5. The van der Waals surface area contributed by atoms with Crippen LogP contribution < -0.4 is 5.19 Å². The molecule has 1 atom stereocenters. The standard InChI is InChI=1S/C19H30BO2Si/c1-18(2)19(3,4)22-20(21-18)16(13-14-11-12-14)15-9-7-8-10-17(15)23(5)6/h7-10,14,16H,11-13H2,1-6H3. The van der Waals surface area contributed by atoms with Crippen LogP contribution in [0, 0.1) is 5.92 Å². The third kappa shape index (κ3) is 3.45. The Labute approximate surface area is 143 Å². The highest BCUT2D eigenvalue weighted by Gasteiger charge is 2.54. The molecule has 0 N–H and O–H groups in total. The highest BCUT2D eigenvalue weighted by molar-refractivity contribution is 6.71. The summed E-state index contributed by atoms with van der Waals surface area (Å²) in [6.45, 7) is 13.4. The molecule has 1 aromatic carbocycles. The van der Waals surface area contributed by atoms with Gasteiger partial charge >= 0.3 is 7.12 Å². The first-order valence-corrected chi connectivity index (χ1v) is 11.5. The van der Waals surface area contributed by atoms with E-state index in [2.05, 4.69) is 65.1 Å². The molecule has 2 fully saturated rings. The average molecular weight is 329 g/mol. The van der Waals surface area contributed by atoms with Gasteiger partial charge in [-0.1, -0.05) is 55.4 Å².